The van der Waals surface area contributed by atoms with Gasteiger partial charge in [-0.1, -0.05) is 82.2 Å². The zero-order valence-electron chi connectivity index (χ0n) is 21.1. The molecule has 2 amide bonds. The van der Waals surface area contributed by atoms with E-state index < -0.39 is 11.8 Å². The van der Waals surface area contributed by atoms with Gasteiger partial charge in [0.25, 0.3) is 11.8 Å². The van der Waals surface area contributed by atoms with Gasteiger partial charge in [0.05, 0.1) is 5.69 Å². The number of para-hydroxylation sites is 1. The van der Waals surface area contributed by atoms with Gasteiger partial charge in [-0.2, -0.15) is 5.10 Å². The summed E-state index contributed by atoms with van der Waals surface area (Å²) in [5.41, 5.74) is 5.33. The van der Waals surface area contributed by atoms with Crippen molar-refractivity contribution < 1.29 is 9.59 Å². The fraction of sp³-hybridized carbons (Fsp3) is 0.0312. The van der Waals surface area contributed by atoms with Gasteiger partial charge in [-0.15, -0.1) is 0 Å². The summed E-state index contributed by atoms with van der Waals surface area (Å²) in [6, 6.07) is 33.9. The van der Waals surface area contributed by atoms with E-state index in [0.717, 1.165) is 21.3 Å². The van der Waals surface area contributed by atoms with E-state index in [1.165, 1.54) is 0 Å². The molecule has 0 saturated carbocycles. The van der Waals surface area contributed by atoms with Crippen LogP contribution in [0.4, 0.5) is 5.69 Å². The van der Waals surface area contributed by atoms with Crippen molar-refractivity contribution in [3.05, 3.63) is 142 Å². The maximum absolute atomic E-state index is 13.5. The number of nitrogens with zero attached hydrogens (tertiary/aromatic N) is 2. The van der Waals surface area contributed by atoms with E-state index >= 15 is 0 Å². The first-order valence-electron chi connectivity index (χ1n) is 12.3. The van der Waals surface area contributed by atoms with Crippen LogP contribution in [0.5, 0.6) is 0 Å². The molecule has 5 aromatic rings. The van der Waals surface area contributed by atoms with Crippen LogP contribution in [0.15, 0.2) is 126 Å². The number of hydrogen-bond donors (Lipinski definition) is 2. The largest absolute Gasteiger partial charge is 0.321 e. The van der Waals surface area contributed by atoms with E-state index in [4.69, 9.17) is 5.10 Å². The summed E-state index contributed by atoms with van der Waals surface area (Å²) in [6.07, 6.45) is 3.51. The second-order valence-electron chi connectivity index (χ2n) is 8.92. The first-order valence-corrected chi connectivity index (χ1v) is 13.1. The summed E-state index contributed by atoms with van der Waals surface area (Å²) >= 11 is 3.39. The number of hydrogen-bond acceptors (Lipinski definition) is 3. The lowest BCUT2D eigenvalue weighted by molar-refractivity contribution is -0.113. The minimum Gasteiger partial charge on any atom is -0.321 e. The Hall–Kier alpha value is -4.75. The molecule has 0 radical (unpaired) electrons. The quantitative estimate of drug-likeness (QED) is 0.204. The smallest absolute Gasteiger partial charge is 0.272 e. The molecule has 0 bridgehead atoms. The van der Waals surface area contributed by atoms with Crippen molar-refractivity contribution in [2.75, 3.05) is 5.32 Å². The normalized spacial score (nSPS) is 11.2. The summed E-state index contributed by atoms with van der Waals surface area (Å²) < 4.78 is 2.62. The Bertz CT molecular complexity index is 1630. The highest BCUT2D eigenvalue weighted by Gasteiger charge is 2.18. The van der Waals surface area contributed by atoms with Crippen molar-refractivity contribution in [1.29, 1.82) is 0 Å². The van der Waals surface area contributed by atoms with Crippen LogP contribution < -0.4 is 10.6 Å². The molecule has 0 spiro atoms. The van der Waals surface area contributed by atoms with E-state index in [1.54, 1.807) is 35.0 Å². The molecule has 0 fully saturated rings. The third-order valence-corrected chi connectivity index (χ3v) is 6.55. The number of nitrogens with one attached hydrogen (secondary N) is 2. The number of rotatable bonds is 7. The average Bonchev–Trinajstić information content (AvgIpc) is 3.39. The molecule has 1 heterocycles. The molecule has 0 unspecified atom stereocenters. The van der Waals surface area contributed by atoms with Gasteiger partial charge in [-0.3, -0.25) is 9.59 Å². The molecule has 7 heteroatoms. The molecule has 0 aliphatic carbocycles. The maximum Gasteiger partial charge on any atom is 0.272 e. The Labute approximate surface area is 235 Å². The molecule has 192 valence electrons. The lowest BCUT2D eigenvalue weighted by Crippen LogP contribution is -2.30. The van der Waals surface area contributed by atoms with Crippen molar-refractivity contribution >= 4 is 39.5 Å². The average molecular weight is 577 g/mol. The predicted octanol–water partition coefficient (Wildman–Crippen LogP) is 7.02. The number of aromatic nitrogens is 2. The van der Waals surface area contributed by atoms with Gasteiger partial charge in [0.2, 0.25) is 0 Å². The third kappa shape index (κ3) is 6.40. The Morgan fingerprint density at radius 1 is 0.821 bits per heavy atom. The predicted molar refractivity (Wildman–Crippen MR) is 158 cm³/mol. The lowest BCUT2D eigenvalue weighted by Gasteiger charge is -2.12. The number of halogens is 1. The van der Waals surface area contributed by atoms with E-state index in [1.807, 2.05) is 98.0 Å². The van der Waals surface area contributed by atoms with Gasteiger partial charge in [0, 0.05) is 33.0 Å². The van der Waals surface area contributed by atoms with Gasteiger partial charge in [-0.05, 0) is 61.5 Å². The van der Waals surface area contributed by atoms with Crippen LogP contribution in [-0.4, -0.2) is 21.6 Å². The Balaban J connectivity index is 1.57. The lowest BCUT2D eigenvalue weighted by atomic mass is 10.1. The van der Waals surface area contributed by atoms with Crippen molar-refractivity contribution in [2.24, 2.45) is 0 Å². The van der Waals surface area contributed by atoms with E-state index in [-0.39, 0.29) is 5.70 Å². The Morgan fingerprint density at radius 2 is 1.46 bits per heavy atom. The summed E-state index contributed by atoms with van der Waals surface area (Å²) in [5, 5.41) is 10.5. The van der Waals surface area contributed by atoms with Gasteiger partial charge >= 0.3 is 0 Å². The molecule has 0 aliphatic rings. The summed E-state index contributed by atoms with van der Waals surface area (Å²) in [4.78, 5) is 26.7. The molecular formula is C32H25BrN4O2. The number of amides is 2. The zero-order chi connectivity index (χ0) is 27.2. The van der Waals surface area contributed by atoms with Crippen molar-refractivity contribution in [3.8, 4) is 16.9 Å². The summed E-state index contributed by atoms with van der Waals surface area (Å²) in [7, 11) is 0. The number of aryl methyl sites for hydroxylation is 1. The fourth-order valence-electron chi connectivity index (χ4n) is 3.97. The molecule has 4 aromatic carbocycles. The van der Waals surface area contributed by atoms with Crippen LogP contribution in [0.2, 0.25) is 0 Å². The van der Waals surface area contributed by atoms with E-state index in [0.29, 0.717) is 22.5 Å². The van der Waals surface area contributed by atoms with Crippen LogP contribution in [0.25, 0.3) is 23.0 Å². The first-order chi connectivity index (χ1) is 19.0. The molecule has 0 aliphatic heterocycles. The molecule has 0 atom stereocenters. The van der Waals surface area contributed by atoms with Crippen molar-refractivity contribution in [1.82, 2.24) is 15.1 Å². The minimum absolute atomic E-state index is 0.0910. The van der Waals surface area contributed by atoms with E-state index in [2.05, 4.69) is 26.6 Å². The molecule has 1 aromatic heterocycles. The van der Waals surface area contributed by atoms with Gasteiger partial charge in [0.15, 0.2) is 0 Å². The number of anilines is 1. The highest BCUT2D eigenvalue weighted by molar-refractivity contribution is 9.10. The topological polar surface area (TPSA) is 76.0 Å². The minimum atomic E-state index is -0.448. The Kier molecular flexibility index (Phi) is 7.80. The first kappa shape index (κ1) is 25.9. The van der Waals surface area contributed by atoms with Crippen LogP contribution in [0.1, 0.15) is 21.5 Å². The van der Waals surface area contributed by atoms with Gasteiger partial charge in [-0.25, -0.2) is 4.68 Å². The zero-order valence-corrected chi connectivity index (χ0v) is 22.7. The molecule has 0 saturated heterocycles. The second kappa shape index (κ2) is 11.8. The number of carbonyl (C=O) groups excluding carboxylic acids is 2. The molecule has 5 rings (SSSR count). The van der Waals surface area contributed by atoms with Crippen LogP contribution in [0, 0.1) is 6.92 Å². The monoisotopic (exact) mass is 576 g/mol. The maximum atomic E-state index is 13.5. The highest BCUT2D eigenvalue weighted by Crippen LogP contribution is 2.26. The standard InChI is InChI=1S/C32H25BrN4O2/c1-22-12-18-27(19-13-22)34-32(39)29(35-31(38)24-14-16-26(33)17-15-24)20-25-21-37(28-10-6-3-7-11-28)36-30(25)23-8-4-2-5-9-23/h2-21H,1H3,(H,34,39)(H,35,38)/b29-20+. The van der Waals surface area contributed by atoms with Gasteiger partial charge in [0.1, 0.15) is 11.4 Å². The molecule has 39 heavy (non-hydrogen) atoms. The van der Waals surface area contributed by atoms with Crippen LogP contribution >= 0.6 is 15.9 Å². The summed E-state index contributed by atoms with van der Waals surface area (Å²) in [6.45, 7) is 1.98. The second-order valence-corrected chi connectivity index (χ2v) is 9.83. The summed E-state index contributed by atoms with van der Waals surface area (Å²) in [5.74, 6) is -0.847. The van der Waals surface area contributed by atoms with Crippen molar-refractivity contribution in [2.45, 2.75) is 6.92 Å². The third-order valence-electron chi connectivity index (χ3n) is 6.02. The highest BCUT2D eigenvalue weighted by atomic mass is 79.9. The van der Waals surface area contributed by atoms with Crippen molar-refractivity contribution in [3.63, 3.8) is 0 Å². The Morgan fingerprint density at radius 3 is 2.13 bits per heavy atom. The molecule has 6 nitrogen and oxygen atoms in total. The number of benzene rings is 4. The van der Waals surface area contributed by atoms with Gasteiger partial charge < -0.3 is 10.6 Å². The SMILES string of the molecule is Cc1ccc(NC(=O)/C(=C\c2cn(-c3ccccc3)nc2-c2ccccc2)NC(=O)c2ccc(Br)cc2)cc1. The fourth-order valence-corrected chi connectivity index (χ4v) is 4.24. The van der Waals surface area contributed by atoms with Crippen LogP contribution in [-0.2, 0) is 4.79 Å². The van der Waals surface area contributed by atoms with Crippen LogP contribution in [0.3, 0.4) is 0 Å². The number of carbonyl (C=O) groups is 2. The molecule has 2 N–H and O–H groups in total. The van der Waals surface area contributed by atoms with E-state index in [9.17, 15) is 9.59 Å². The molecular weight excluding hydrogens is 552 g/mol.